The van der Waals surface area contributed by atoms with E-state index >= 15 is 4.79 Å². The third kappa shape index (κ3) is 5.92. The molecule has 4 amide bonds. The number of halogens is 2. The van der Waals surface area contributed by atoms with Gasteiger partial charge in [0.15, 0.2) is 11.5 Å². The number of nitrogens with one attached hydrogen (secondary N) is 1. The Kier molecular flexibility index (Phi) is 9.35. The molecule has 2 aliphatic carbocycles. The molecule has 3 fully saturated rings. The molecule has 2 saturated heterocycles. The fraction of sp³-hybridized carbons (Fsp3) is 0.233. The fourth-order valence-corrected chi connectivity index (χ4v) is 9.28. The number of amides is 4. The second-order valence-electron chi connectivity index (χ2n) is 14.4. The lowest BCUT2D eigenvalue weighted by molar-refractivity contribution is -0.139. The van der Waals surface area contributed by atoms with Crippen molar-refractivity contribution in [3.63, 3.8) is 0 Å². The van der Waals surface area contributed by atoms with Gasteiger partial charge in [-0.05, 0) is 96.6 Å². The standard InChI is InChI=1S/C43H35ClFN3O9/c1-56-34-18-22(19-35(57-2)37(34)49)6-17-32-29-15-16-30-36(40(52)47(38(30)50)28-5-3-4-23(20-28)41(53)54)31(29)21-33-39(51)48(46-27-13-11-26(45)12-14-27)42(55)43(32,33)24-7-9-25(44)10-8-24/h3-15,17-20,30-33,36,46,49H,16,21H2,1-2H3,(H,53,54). The number of carbonyl (C=O) groups is 5. The summed E-state index contributed by atoms with van der Waals surface area (Å²) in [7, 11) is 2.79. The van der Waals surface area contributed by atoms with Crippen LogP contribution in [0.4, 0.5) is 15.8 Å². The first-order chi connectivity index (χ1) is 27.4. The number of carboxylic acid groups (broad SMARTS) is 1. The van der Waals surface area contributed by atoms with Crippen LogP contribution in [0.25, 0.3) is 6.08 Å². The van der Waals surface area contributed by atoms with E-state index in [4.69, 9.17) is 21.1 Å². The molecule has 2 heterocycles. The molecule has 0 radical (unpaired) electrons. The van der Waals surface area contributed by atoms with Crippen molar-refractivity contribution in [2.75, 3.05) is 24.5 Å². The molecular weight excluding hydrogens is 757 g/mol. The van der Waals surface area contributed by atoms with E-state index in [0.29, 0.717) is 21.7 Å². The SMILES string of the molecule is COc1cc(C=CC2C3=CCC4C(=O)N(c5cccc(C(=O)O)c5)C(=O)C4C3CC3C(=O)N(Nc4ccc(F)cc4)C(=O)C23c2ccc(Cl)cc2)cc(OC)c1O. The molecule has 8 rings (SSSR count). The zero-order valence-corrected chi connectivity index (χ0v) is 31.3. The first-order valence-corrected chi connectivity index (χ1v) is 18.5. The van der Waals surface area contributed by atoms with Gasteiger partial charge in [-0.15, -0.1) is 0 Å². The van der Waals surface area contributed by atoms with Gasteiger partial charge < -0.3 is 19.7 Å². The van der Waals surface area contributed by atoms with Crippen molar-refractivity contribution in [3.05, 3.63) is 130 Å². The van der Waals surface area contributed by atoms with Gasteiger partial charge in [-0.25, -0.2) is 9.18 Å². The quantitative estimate of drug-likeness (QED) is 0.124. The van der Waals surface area contributed by atoms with Gasteiger partial charge >= 0.3 is 5.97 Å². The molecule has 4 aromatic rings. The Morgan fingerprint density at radius 1 is 0.912 bits per heavy atom. The summed E-state index contributed by atoms with van der Waals surface area (Å²) < 4.78 is 24.7. The van der Waals surface area contributed by atoms with E-state index in [1.807, 2.05) is 6.08 Å². The van der Waals surface area contributed by atoms with Gasteiger partial charge in [0.25, 0.3) is 11.8 Å². The van der Waals surface area contributed by atoms with Gasteiger partial charge in [-0.3, -0.25) is 29.5 Å². The number of allylic oxidation sites excluding steroid dienone is 3. The summed E-state index contributed by atoms with van der Waals surface area (Å²) in [5, 5.41) is 21.6. The lowest BCUT2D eigenvalue weighted by Gasteiger charge is -2.49. The van der Waals surface area contributed by atoms with Crippen molar-refractivity contribution in [2.24, 2.45) is 29.6 Å². The van der Waals surface area contributed by atoms with Crippen LogP contribution in [0.2, 0.25) is 5.02 Å². The smallest absolute Gasteiger partial charge is 0.335 e. The normalized spacial score (nSPS) is 25.3. The molecule has 290 valence electrons. The van der Waals surface area contributed by atoms with Crippen LogP contribution in [0.1, 0.15) is 34.3 Å². The number of rotatable bonds is 9. The monoisotopic (exact) mass is 791 g/mol. The van der Waals surface area contributed by atoms with Crippen molar-refractivity contribution in [1.29, 1.82) is 0 Å². The molecule has 1 saturated carbocycles. The van der Waals surface area contributed by atoms with Crippen LogP contribution in [-0.2, 0) is 24.6 Å². The minimum Gasteiger partial charge on any atom is -0.502 e. The van der Waals surface area contributed by atoms with Crippen LogP contribution in [0.3, 0.4) is 0 Å². The summed E-state index contributed by atoms with van der Waals surface area (Å²) in [5.41, 5.74) is 3.29. The summed E-state index contributed by atoms with van der Waals surface area (Å²) in [6.07, 6.45) is 5.53. The molecule has 0 spiro atoms. The van der Waals surface area contributed by atoms with Crippen LogP contribution in [-0.4, -0.2) is 59.0 Å². The van der Waals surface area contributed by atoms with Crippen LogP contribution < -0.4 is 19.8 Å². The zero-order valence-electron chi connectivity index (χ0n) is 30.5. The molecule has 6 atom stereocenters. The highest BCUT2D eigenvalue weighted by atomic mass is 35.5. The van der Waals surface area contributed by atoms with Gasteiger partial charge in [0.05, 0.1) is 54.3 Å². The number of carbonyl (C=O) groups excluding carboxylic acids is 4. The Morgan fingerprint density at radius 2 is 1.60 bits per heavy atom. The van der Waals surface area contributed by atoms with Gasteiger partial charge in [0, 0.05) is 10.9 Å². The maximum atomic E-state index is 15.3. The molecule has 0 bridgehead atoms. The van der Waals surface area contributed by atoms with E-state index in [2.05, 4.69) is 5.43 Å². The molecule has 14 heteroatoms. The Balaban J connectivity index is 1.30. The van der Waals surface area contributed by atoms with Crippen molar-refractivity contribution in [2.45, 2.75) is 18.3 Å². The van der Waals surface area contributed by atoms with Crippen molar-refractivity contribution >= 4 is 58.6 Å². The van der Waals surface area contributed by atoms with Crippen LogP contribution in [0.5, 0.6) is 17.2 Å². The number of fused-ring (bicyclic) bond motifs is 4. The highest BCUT2D eigenvalue weighted by molar-refractivity contribution is 6.30. The maximum absolute atomic E-state index is 15.3. The molecule has 6 unspecified atom stereocenters. The second-order valence-corrected chi connectivity index (χ2v) is 14.9. The number of hydrogen-bond donors (Lipinski definition) is 3. The number of benzene rings is 4. The van der Waals surface area contributed by atoms with Crippen LogP contribution in [0, 0.1) is 35.4 Å². The van der Waals surface area contributed by atoms with E-state index < -0.39 is 70.4 Å². The number of phenolic OH excluding ortho intramolecular Hbond substituents is 1. The van der Waals surface area contributed by atoms with Crippen molar-refractivity contribution < 1.29 is 48.0 Å². The summed E-state index contributed by atoms with van der Waals surface area (Å²) in [5.74, 6) is -8.28. The zero-order chi connectivity index (χ0) is 40.3. The first kappa shape index (κ1) is 37.5. The molecule has 57 heavy (non-hydrogen) atoms. The highest BCUT2D eigenvalue weighted by Gasteiger charge is 2.69. The summed E-state index contributed by atoms with van der Waals surface area (Å²) in [6, 6.07) is 20.6. The predicted octanol–water partition coefficient (Wildman–Crippen LogP) is 6.64. The van der Waals surface area contributed by atoms with Gasteiger partial charge in [0.2, 0.25) is 17.6 Å². The lowest BCUT2D eigenvalue weighted by atomic mass is 9.50. The number of ether oxygens (including phenoxy) is 2. The Bertz CT molecular complexity index is 2390. The number of hydrogen-bond acceptors (Lipinski definition) is 9. The van der Waals surface area contributed by atoms with Crippen molar-refractivity contribution in [3.8, 4) is 17.2 Å². The first-order valence-electron chi connectivity index (χ1n) is 18.1. The number of carboxylic acids is 1. The minimum absolute atomic E-state index is 0.00895. The molecular formula is C43H35ClFN3O9. The minimum atomic E-state index is -1.60. The van der Waals surface area contributed by atoms with Gasteiger partial charge in [0.1, 0.15) is 5.82 Å². The molecule has 12 nitrogen and oxygen atoms in total. The Labute approximate surface area is 330 Å². The summed E-state index contributed by atoms with van der Waals surface area (Å²) in [4.78, 5) is 71.6. The van der Waals surface area contributed by atoms with Gasteiger partial charge in [-0.1, -0.05) is 53.6 Å². The average Bonchev–Trinajstić information content (AvgIpc) is 3.59. The van der Waals surface area contributed by atoms with Gasteiger partial charge in [-0.2, -0.15) is 5.01 Å². The number of aromatic carboxylic acids is 1. The second kappa shape index (κ2) is 14.2. The average molecular weight is 792 g/mol. The predicted molar refractivity (Wildman–Crippen MR) is 206 cm³/mol. The molecule has 2 aliphatic heterocycles. The van der Waals surface area contributed by atoms with Crippen LogP contribution in [0.15, 0.2) is 103 Å². The number of methoxy groups -OCH3 is 2. The lowest BCUT2D eigenvalue weighted by Crippen LogP contribution is -2.54. The largest absolute Gasteiger partial charge is 0.502 e. The Morgan fingerprint density at radius 3 is 2.25 bits per heavy atom. The number of anilines is 2. The Hall–Kier alpha value is -6.47. The fourth-order valence-electron chi connectivity index (χ4n) is 9.15. The number of hydrazine groups is 1. The van der Waals surface area contributed by atoms with E-state index in [9.17, 15) is 33.8 Å². The highest BCUT2D eigenvalue weighted by Crippen LogP contribution is 2.62. The van der Waals surface area contributed by atoms with E-state index in [0.717, 1.165) is 9.91 Å². The summed E-state index contributed by atoms with van der Waals surface area (Å²) >= 11 is 6.36. The third-order valence-corrected chi connectivity index (χ3v) is 11.9. The van der Waals surface area contributed by atoms with E-state index in [1.54, 1.807) is 48.6 Å². The van der Waals surface area contributed by atoms with E-state index in [1.165, 1.54) is 62.8 Å². The number of nitrogens with zero attached hydrogens (tertiary/aromatic N) is 2. The summed E-state index contributed by atoms with van der Waals surface area (Å²) in [6.45, 7) is 0. The van der Waals surface area contributed by atoms with E-state index in [-0.39, 0.29) is 47.0 Å². The molecule has 4 aromatic carbocycles. The topological polar surface area (TPSA) is 163 Å². The number of aromatic hydroxyl groups is 1. The molecule has 4 aliphatic rings. The molecule has 0 aromatic heterocycles. The number of imide groups is 2. The van der Waals surface area contributed by atoms with Crippen LogP contribution >= 0.6 is 11.6 Å². The van der Waals surface area contributed by atoms with Crippen molar-refractivity contribution in [1.82, 2.24) is 5.01 Å². The number of phenols is 1. The maximum Gasteiger partial charge on any atom is 0.335 e. The third-order valence-electron chi connectivity index (χ3n) is 11.7. The molecule has 3 N–H and O–H groups in total.